The summed E-state index contributed by atoms with van der Waals surface area (Å²) in [4.78, 5) is 13.7. The molecule has 116 valence electrons. The fourth-order valence-corrected chi connectivity index (χ4v) is 2.10. The average molecular weight is 298 g/mol. The van der Waals surface area contributed by atoms with Gasteiger partial charge in [-0.2, -0.15) is 0 Å². The summed E-state index contributed by atoms with van der Waals surface area (Å²) in [6.45, 7) is 1.22. The highest BCUT2D eigenvalue weighted by molar-refractivity contribution is 5.73. The summed E-state index contributed by atoms with van der Waals surface area (Å²) in [6.07, 6.45) is 0.819. The Kier molecular flexibility index (Phi) is 5.83. The Labute approximate surface area is 131 Å². The molecular formula is C18H22N2O2. The van der Waals surface area contributed by atoms with E-state index in [-0.39, 0.29) is 6.03 Å². The molecule has 0 spiro atoms. The molecule has 0 bridgehead atoms. The van der Waals surface area contributed by atoms with Crippen molar-refractivity contribution in [1.82, 2.24) is 10.2 Å². The van der Waals surface area contributed by atoms with Crippen molar-refractivity contribution in [3.8, 4) is 5.75 Å². The first kappa shape index (κ1) is 15.9. The monoisotopic (exact) mass is 298 g/mol. The van der Waals surface area contributed by atoms with Crippen LogP contribution in [0.25, 0.3) is 0 Å². The smallest absolute Gasteiger partial charge is 0.317 e. The van der Waals surface area contributed by atoms with Gasteiger partial charge >= 0.3 is 6.03 Å². The van der Waals surface area contributed by atoms with E-state index in [1.807, 2.05) is 61.6 Å². The Bertz CT molecular complexity index is 582. The van der Waals surface area contributed by atoms with Gasteiger partial charge in [-0.05, 0) is 29.7 Å². The molecule has 2 aromatic carbocycles. The Hall–Kier alpha value is -2.49. The lowest BCUT2D eigenvalue weighted by molar-refractivity contribution is 0.209. The maximum absolute atomic E-state index is 12.0. The molecule has 0 saturated heterocycles. The van der Waals surface area contributed by atoms with Crippen molar-refractivity contribution in [2.75, 3.05) is 20.7 Å². The second kappa shape index (κ2) is 8.08. The van der Waals surface area contributed by atoms with Crippen LogP contribution < -0.4 is 10.1 Å². The molecule has 0 aliphatic carbocycles. The van der Waals surface area contributed by atoms with Gasteiger partial charge in [-0.15, -0.1) is 0 Å². The van der Waals surface area contributed by atoms with E-state index >= 15 is 0 Å². The number of hydrogen-bond donors (Lipinski definition) is 1. The van der Waals surface area contributed by atoms with Crippen molar-refractivity contribution in [3.05, 3.63) is 65.7 Å². The molecular weight excluding hydrogens is 276 g/mol. The molecule has 0 fully saturated rings. The number of carbonyl (C=O) groups is 1. The summed E-state index contributed by atoms with van der Waals surface area (Å²) in [5.74, 6) is 0.845. The second-order valence-corrected chi connectivity index (χ2v) is 5.16. The fourth-order valence-electron chi connectivity index (χ4n) is 2.10. The number of hydrogen-bond acceptors (Lipinski definition) is 2. The number of carbonyl (C=O) groups excluding carboxylic acids is 1. The maximum Gasteiger partial charge on any atom is 0.317 e. The summed E-state index contributed by atoms with van der Waals surface area (Å²) in [7, 11) is 3.46. The molecule has 4 nitrogen and oxygen atoms in total. The number of ether oxygens (including phenoxy) is 1. The van der Waals surface area contributed by atoms with Gasteiger partial charge in [-0.1, -0.05) is 42.5 Å². The molecule has 2 aromatic rings. The molecule has 1 N–H and O–H groups in total. The SMILES string of the molecule is COc1ccc(CCN(C)C(=O)NCc2ccccc2)cc1. The van der Waals surface area contributed by atoms with Crippen LogP contribution >= 0.6 is 0 Å². The quantitative estimate of drug-likeness (QED) is 0.890. The van der Waals surface area contributed by atoms with Gasteiger partial charge < -0.3 is 15.0 Å². The Balaban J connectivity index is 1.76. The summed E-state index contributed by atoms with van der Waals surface area (Å²) >= 11 is 0. The number of rotatable bonds is 6. The highest BCUT2D eigenvalue weighted by Crippen LogP contribution is 2.11. The minimum Gasteiger partial charge on any atom is -0.497 e. The lowest BCUT2D eigenvalue weighted by atomic mass is 10.1. The standard InChI is InChI=1S/C18H22N2O2/c1-20(13-12-15-8-10-17(22-2)11-9-15)18(21)19-14-16-6-4-3-5-7-16/h3-11H,12-14H2,1-2H3,(H,19,21). The number of methoxy groups -OCH3 is 1. The van der Waals surface area contributed by atoms with E-state index in [1.165, 1.54) is 5.56 Å². The molecule has 0 aliphatic heterocycles. The molecule has 0 aliphatic rings. The first-order valence-corrected chi connectivity index (χ1v) is 7.35. The first-order chi connectivity index (χ1) is 10.7. The number of nitrogens with one attached hydrogen (secondary N) is 1. The van der Waals surface area contributed by atoms with E-state index in [1.54, 1.807) is 12.0 Å². The zero-order valence-corrected chi connectivity index (χ0v) is 13.1. The topological polar surface area (TPSA) is 41.6 Å². The molecule has 2 amide bonds. The molecule has 0 atom stereocenters. The minimum atomic E-state index is -0.0580. The zero-order chi connectivity index (χ0) is 15.8. The lowest BCUT2D eigenvalue weighted by Gasteiger charge is -2.18. The van der Waals surface area contributed by atoms with Crippen LogP contribution in [0, 0.1) is 0 Å². The van der Waals surface area contributed by atoms with Gasteiger partial charge in [0.05, 0.1) is 7.11 Å². The minimum absolute atomic E-state index is 0.0580. The highest BCUT2D eigenvalue weighted by atomic mass is 16.5. The van der Waals surface area contributed by atoms with Gasteiger partial charge in [-0.3, -0.25) is 0 Å². The lowest BCUT2D eigenvalue weighted by Crippen LogP contribution is -2.37. The van der Waals surface area contributed by atoms with Crippen LogP contribution in [0.2, 0.25) is 0 Å². The summed E-state index contributed by atoms with van der Waals surface area (Å²) < 4.78 is 5.13. The third-order valence-corrected chi connectivity index (χ3v) is 3.53. The summed E-state index contributed by atoms with van der Waals surface area (Å²) in [5, 5.41) is 2.92. The van der Waals surface area contributed by atoms with E-state index in [0.29, 0.717) is 13.1 Å². The molecule has 0 saturated carbocycles. The van der Waals surface area contributed by atoms with E-state index < -0.39 is 0 Å². The number of nitrogens with zero attached hydrogens (tertiary/aromatic N) is 1. The largest absolute Gasteiger partial charge is 0.497 e. The third kappa shape index (κ3) is 4.81. The fraction of sp³-hybridized carbons (Fsp3) is 0.278. The predicted molar refractivity (Wildman–Crippen MR) is 88.0 cm³/mol. The number of urea groups is 1. The van der Waals surface area contributed by atoms with Crippen molar-refractivity contribution >= 4 is 6.03 Å². The van der Waals surface area contributed by atoms with Crippen molar-refractivity contribution in [2.24, 2.45) is 0 Å². The summed E-state index contributed by atoms with van der Waals surface area (Å²) in [5.41, 5.74) is 2.28. The molecule has 4 heteroatoms. The van der Waals surface area contributed by atoms with E-state index in [9.17, 15) is 4.79 Å². The van der Waals surface area contributed by atoms with Crippen LogP contribution in [0.1, 0.15) is 11.1 Å². The molecule has 0 aromatic heterocycles. The molecule has 0 unspecified atom stereocenters. The molecule has 0 heterocycles. The van der Waals surface area contributed by atoms with Crippen LogP contribution in [-0.2, 0) is 13.0 Å². The number of likely N-dealkylation sites (N-methyl/N-ethyl adjacent to an activating group) is 1. The average Bonchev–Trinajstić information content (AvgIpc) is 2.58. The van der Waals surface area contributed by atoms with Gasteiger partial charge in [0.2, 0.25) is 0 Å². The third-order valence-electron chi connectivity index (χ3n) is 3.53. The van der Waals surface area contributed by atoms with E-state index in [0.717, 1.165) is 17.7 Å². The van der Waals surface area contributed by atoms with Crippen LogP contribution in [-0.4, -0.2) is 31.6 Å². The van der Waals surface area contributed by atoms with Gasteiger partial charge in [0.15, 0.2) is 0 Å². The second-order valence-electron chi connectivity index (χ2n) is 5.16. The van der Waals surface area contributed by atoms with Crippen molar-refractivity contribution in [2.45, 2.75) is 13.0 Å². The van der Waals surface area contributed by atoms with Gasteiger partial charge in [0.1, 0.15) is 5.75 Å². The zero-order valence-electron chi connectivity index (χ0n) is 13.1. The Morgan fingerprint density at radius 2 is 1.73 bits per heavy atom. The summed E-state index contributed by atoms with van der Waals surface area (Å²) in [6, 6.07) is 17.8. The van der Waals surface area contributed by atoms with Crippen LogP contribution in [0.4, 0.5) is 4.79 Å². The predicted octanol–water partition coefficient (Wildman–Crippen LogP) is 3.08. The van der Waals surface area contributed by atoms with Crippen molar-refractivity contribution in [1.29, 1.82) is 0 Å². The van der Waals surface area contributed by atoms with Crippen molar-refractivity contribution in [3.63, 3.8) is 0 Å². The number of amides is 2. The Morgan fingerprint density at radius 3 is 2.36 bits per heavy atom. The maximum atomic E-state index is 12.0. The van der Waals surface area contributed by atoms with E-state index in [2.05, 4.69) is 5.32 Å². The van der Waals surface area contributed by atoms with Gasteiger partial charge in [0.25, 0.3) is 0 Å². The highest BCUT2D eigenvalue weighted by Gasteiger charge is 2.07. The van der Waals surface area contributed by atoms with Gasteiger partial charge in [0, 0.05) is 20.1 Å². The molecule has 0 radical (unpaired) electrons. The number of benzene rings is 2. The van der Waals surface area contributed by atoms with E-state index in [4.69, 9.17) is 4.74 Å². The van der Waals surface area contributed by atoms with Crippen LogP contribution in [0.3, 0.4) is 0 Å². The molecule has 22 heavy (non-hydrogen) atoms. The normalized spacial score (nSPS) is 10.1. The first-order valence-electron chi connectivity index (χ1n) is 7.35. The van der Waals surface area contributed by atoms with Crippen LogP contribution in [0.5, 0.6) is 5.75 Å². The van der Waals surface area contributed by atoms with Crippen LogP contribution in [0.15, 0.2) is 54.6 Å². The Morgan fingerprint density at radius 1 is 1.05 bits per heavy atom. The van der Waals surface area contributed by atoms with Crippen molar-refractivity contribution < 1.29 is 9.53 Å². The molecule has 2 rings (SSSR count). The van der Waals surface area contributed by atoms with Gasteiger partial charge in [-0.25, -0.2) is 4.79 Å².